The molecule has 0 spiro atoms. The number of aromatic nitrogens is 2. The molecule has 174 valence electrons. The van der Waals surface area contributed by atoms with Crippen LogP contribution in [0.25, 0.3) is 21.3 Å². The van der Waals surface area contributed by atoms with Crippen LogP contribution in [0.15, 0.2) is 65.0 Å². The number of hydrogen-bond acceptors (Lipinski definition) is 6. The fourth-order valence-electron chi connectivity index (χ4n) is 3.80. The molecule has 0 saturated heterocycles. The third-order valence-electron chi connectivity index (χ3n) is 6.03. The lowest BCUT2D eigenvalue weighted by Crippen LogP contribution is -2.31. The molecule has 9 heteroatoms. The third-order valence-corrected chi connectivity index (χ3v) is 6.91. The van der Waals surface area contributed by atoms with Crippen LogP contribution in [0.1, 0.15) is 30.5 Å². The molecule has 2 aromatic heterocycles. The van der Waals surface area contributed by atoms with Crippen LogP contribution in [-0.4, -0.2) is 32.3 Å². The normalized spacial score (nSPS) is 12.0. The van der Waals surface area contributed by atoms with E-state index in [1.807, 2.05) is 43.5 Å². The lowest BCUT2D eigenvalue weighted by atomic mass is 10.1. The molecule has 34 heavy (non-hydrogen) atoms. The molecule has 0 radical (unpaired) electrons. The van der Waals surface area contributed by atoms with Crippen molar-refractivity contribution in [2.24, 2.45) is 0 Å². The summed E-state index contributed by atoms with van der Waals surface area (Å²) in [6, 6.07) is 13.9. The van der Waals surface area contributed by atoms with Gasteiger partial charge in [-0.25, -0.2) is 4.98 Å². The van der Waals surface area contributed by atoms with Crippen LogP contribution in [0, 0.1) is 17.0 Å². The smallest absolute Gasteiger partial charge is 0.269 e. The second-order valence-electron chi connectivity index (χ2n) is 8.22. The van der Waals surface area contributed by atoms with Crippen LogP contribution < -0.4 is 5.56 Å². The van der Waals surface area contributed by atoms with Crippen molar-refractivity contribution in [2.75, 3.05) is 7.05 Å². The highest BCUT2D eigenvalue weighted by Gasteiger charge is 2.20. The molecule has 4 aromatic rings. The Labute approximate surface area is 200 Å². The number of nitrogens with zero attached hydrogens (tertiary/aromatic N) is 4. The van der Waals surface area contributed by atoms with E-state index in [9.17, 15) is 19.7 Å². The molecule has 1 unspecified atom stereocenters. The quantitative estimate of drug-likeness (QED) is 0.278. The van der Waals surface area contributed by atoms with Gasteiger partial charge in [-0.1, -0.05) is 42.0 Å². The molecule has 1 atom stereocenters. The third kappa shape index (κ3) is 4.60. The molecule has 2 aromatic carbocycles. The first-order valence-electron chi connectivity index (χ1n) is 10.8. The molecular weight excluding hydrogens is 452 g/mol. The first kappa shape index (κ1) is 23.3. The SMILES string of the molecule is Cc1ccc(-c2csc3ncn(CCC(=O)N(C)C(C)c4cccc([N+](=O)[O-])c4)c(=O)c23)cc1. The van der Waals surface area contributed by atoms with E-state index in [0.717, 1.165) is 16.7 Å². The summed E-state index contributed by atoms with van der Waals surface area (Å²) in [5.74, 6) is -0.171. The number of carbonyl (C=O) groups excluding carboxylic acids is 1. The summed E-state index contributed by atoms with van der Waals surface area (Å²) in [7, 11) is 1.66. The predicted molar refractivity (Wildman–Crippen MR) is 133 cm³/mol. The molecule has 8 nitrogen and oxygen atoms in total. The molecule has 0 aliphatic heterocycles. The number of carbonyl (C=O) groups is 1. The minimum atomic E-state index is -0.455. The highest BCUT2D eigenvalue weighted by atomic mass is 32.1. The van der Waals surface area contributed by atoms with Crippen molar-refractivity contribution >= 4 is 33.1 Å². The number of nitro benzene ring substituents is 1. The Morgan fingerprint density at radius 3 is 2.68 bits per heavy atom. The Morgan fingerprint density at radius 1 is 1.24 bits per heavy atom. The van der Waals surface area contributed by atoms with Crippen molar-refractivity contribution < 1.29 is 9.72 Å². The summed E-state index contributed by atoms with van der Waals surface area (Å²) in [4.78, 5) is 43.3. The maximum atomic E-state index is 13.2. The zero-order valence-corrected chi connectivity index (χ0v) is 19.9. The second-order valence-corrected chi connectivity index (χ2v) is 9.08. The summed E-state index contributed by atoms with van der Waals surface area (Å²) in [6.07, 6.45) is 1.59. The largest absolute Gasteiger partial charge is 0.339 e. The molecule has 0 N–H and O–H groups in total. The average molecular weight is 477 g/mol. The van der Waals surface area contributed by atoms with Crippen molar-refractivity contribution in [2.45, 2.75) is 32.9 Å². The van der Waals surface area contributed by atoms with Gasteiger partial charge in [-0.15, -0.1) is 11.3 Å². The minimum absolute atomic E-state index is 0.0173. The summed E-state index contributed by atoms with van der Waals surface area (Å²) in [5.41, 5.74) is 3.41. The highest BCUT2D eigenvalue weighted by Crippen LogP contribution is 2.30. The van der Waals surface area contributed by atoms with E-state index >= 15 is 0 Å². The summed E-state index contributed by atoms with van der Waals surface area (Å²) in [5, 5.41) is 13.6. The number of non-ortho nitro benzene ring substituents is 1. The second kappa shape index (κ2) is 9.56. The standard InChI is InChI=1S/C25H24N4O4S/c1-16-7-9-18(10-8-16)21-14-34-24-23(21)25(31)28(15-26-24)12-11-22(30)27(3)17(2)19-5-4-6-20(13-19)29(32)33/h4-10,13-15,17H,11-12H2,1-3H3. The van der Waals surface area contributed by atoms with Crippen LogP contribution in [0.3, 0.4) is 0 Å². The van der Waals surface area contributed by atoms with Gasteiger partial charge in [0.25, 0.3) is 11.2 Å². The van der Waals surface area contributed by atoms with Gasteiger partial charge >= 0.3 is 0 Å². The first-order valence-corrected chi connectivity index (χ1v) is 11.7. The average Bonchev–Trinajstić information content (AvgIpc) is 3.28. The van der Waals surface area contributed by atoms with E-state index in [2.05, 4.69) is 4.98 Å². The summed E-state index contributed by atoms with van der Waals surface area (Å²) >= 11 is 1.42. The molecule has 0 aliphatic rings. The maximum absolute atomic E-state index is 13.2. The monoisotopic (exact) mass is 476 g/mol. The Kier molecular flexibility index (Phi) is 6.56. The molecule has 2 heterocycles. The fraction of sp³-hybridized carbons (Fsp3) is 0.240. The van der Waals surface area contributed by atoms with Gasteiger partial charge in [-0.05, 0) is 25.0 Å². The molecule has 4 rings (SSSR count). The highest BCUT2D eigenvalue weighted by molar-refractivity contribution is 7.17. The van der Waals surface area contributed by atoms with Gasteiger partial charge in [0.05, 0.1) is 22.7 Å². The van der Waals surface area contributed by atoms with Crippen molar-refractivity contribution in [1.82, 2.24) is 14.5 Å². The number of fused-ring (bicyclic) bond motifs is 1. The summed E-state index contributed by atoms with van der Waals surface area (Å²) in [6.45, 7) is 4.02. The minimum Gasteiger partial charge on any atom is -0.339 e. The number of amides is 1. The Hall–Kier alpha value is -3.85. The molecule has 0 saturated carbocycles. The topological polar surface area (TPSA) is 98.3 Å². The Morgan fingerprint density at radius 2 is 1.97 bits per heavy atom. The Balaban J connectivity index is 1.52. The van der Waals surface area contributed by atoms with Gasteiger partial charge in [-0.2, -0.15) is 0 Å². The molecule has 1 amide bonds. The van der Waals surface area contributed by atoms with Crippen molar-refractivity contribution in [1.29, 1.82) is 0 Å². The number of benzene rings is 2. The molecule has 0 aliphatic carbocycles. The van der Waals surface area contributed by atoms with E-state index in [1.165, 1.54) is 34.4 Å². The van der Waals surface area contributed by atoms with E-state index in [-0.39, 0.29) is 36.2 Å². The van der Waals surface area contributed by atoms with Gasteiger partial charge in [0.2, 0.25) is 5.91 Å². The first-order chi connectivity index (χ1) is 16.3. The fourth-order valence-corrected chi connectivity index (χ4v) is 4.71. The van der Waals surface area contributed by atoms with Gasteiger partial charge < -0.3 is 4.90 Å². The molecule has 0 fully saturated rings. The molecular formula is C25H24N4O4S. The number of aryl methyl sites for hydroxylation is 2. The number of thiophene rings is 1. The van der Waals surface area contributed by atoms with Crippen LogP contribution >= 0.6 is 11.3 Å². The van der Waals surface area contributed by atoms with E-state index < -0.39 is 4.92 Å². The van der Waals surface area contributed by atoms with Crippen LogP contribution in [0.4, 0.5) is 5.69 Å². The lowest BCUT2D eigenvalue weighted by Gasteiger charge is -2.25. The Bertz CT molecular complexity index is 1430. The van der Waals surface area contributed by atoms with E-state index in [4.69, 9.17) is 0 Å². The zero-order chi connectivity index (χ0) is 24.4. The maximum Gasteiger partial charge on any atom is 0.269 e. The van der Waals surface area contributed by atoms with Gasteiger partial charge in [0, 0.05) is 43.1 Å². The number of nitro groups is 1. The zero-order valence-electron chi connectivity index (χ0n) is 19.1. The predicted octanol–water partition coefficient (Wildman–Crippen LogP) is 4.95. The van der Waals surface area contributed by atoms with Crippen LogP contribution in [-0.2, 0) is 11.3 Å². The van der Waals surface area contributed by atoms with Gasteiger partial charge in [0.1, 0.15) is 4.83 Å². The lowest BCUT2D eigenvalue weighted by molar-refractivity contribution is -0.384. The van der Waals surface area contributed by atoms with Gasteiger partial charge in [-0.3, -0.25) is 24.3 Å². The number of rotatable bonds is 7. The van der Waals surface area contributed by atoms with Crippen molar-refractivity contribution in [3.05, 3.63) is 91.8 Å². The van der Waals surface area contributed by atoms with E-state index in [0.29, 0.717) is 15.8 Å². The van der Waals surface area contributed by atoms with Crippen molar-refractivity contribution in [3.8, 4) is 11.1 Å². The number of hydrogen-bond donors (Lipinski definition) is 0. The van der Waals surface area contributed by atoms with Crippen LogP contribution in [0.2, 0.25) is 0 Å². The van der Waals surface area contributed by atoms with Crippen molar-refractivity contribution in [3.63, 3.8) is 0 Å². The summed E-state index contributed by atoms with van der Waals surface area (Å²) < 4.78 is 1.47. The van der Waals surface area contributed by atoms with Gasteiger partial charge in [0.15, 0.2) is 0 Å². The molecule has 0 bridgehead atoms. The van der Waals surface area contributed by atoms with Crippen LogP contribution in [0.5, 0.6) is 0 Å². The van der Waals surface area contributed by atoms with E-state index in [1.54, 1.807) is 24.1 Å².